The number of amides is 2. The standard InChI is InChI=1S/C21H23N5O9/c22-20(23)12-1-3-13(4-2-12)35-21(33)15-6-5-14(34-15)9-26(10-16(27)24-7-18(29)30)11-17(28)25-8-19(31)32/h1-6H,7-11H2,(H3,22,23)(H,24,27)(H,25,28)(H,29,30)(H,31,32). The molecule has 1 heterocycles. The van der Waals surface area contributed by atoms with Gasteiger partial charge in [-0.25, -0.2) is 4.79 Å². The lowest BCUT2D eigenvalue weighted by Gasteiger charge is -2.19. The Hall–Kier alpha value is -4.72. The molecule has 2 amide bonds. The molecule has 7 N–H and O–H groups in total. The van der Waals surface area contributed by atoms with E-state index in [9.17, 15) is 24.0 Å². The molecule has 0 spiro atoms. The van der Waals surface area contributed by atoms with Gasteiger partial charge in [0.05, 0.1) is 19.6 Å². The summed E-state index contributed by atoms with van der Waals surface area (Å²) >= 11 is 0. The minimum atomic E-state index is -1.26. The number of amidine groups is 1. The number of carbonyl (C=O) groups is 5. The number of esters is 1. The summed E-state index contributed by atoms with van der Waals surface area (Å²) in [6, 6.07) is 8.65. The number of carboxylic acid groups (broad SMARTS) is 2. The van der Waals surface area contributed by atoms with Crippen LogP contribution in [-0.4, -0.2) is 76.8 Å². The van der Waals surface area contributed by atoms with Crippen LogP contribution in [-0.2, 0) is 25.7 Å². The van der Waals surface area contributed by atoms with Crippen LogP contribution in [0.3, 0.4) is 0 Å². The van der Waals surface area contributed by atoms with E-state index < -0.39 is 55.9 Å². The van der Waals surface area contributed by atoms with E-state index in [0.29, 0.717) is 5.56 Å². The van der Waals surface area contributed by atoms with E-state index in [1.807, 2.05) is 0 Å². The average molecular weight is 489 g/mol. The van der Waals surface area contributed by atoms with Crippen LogP contribution in [0.15, 0.2) is 40.8 Å². The molecule has 0 unspecified atom stereocenters. The van der Waals surface area contributed by atoms with Gasteiger partial charge in [0.2, 0.25) is 17.6 Å². The number of aliphatic carboxylic acids is 2. The fourth-order valence-corrected chi connectivity index (χ4v) is 2.69. The molecule has 14 nitrogen and oxygen atoms in total. The highest BCUT2D eigenvalue weighted by Gasteiger charge is 2.20. The van der Waals surface area contributed by atoms with Gasteiger partial charge in [0.15, 0.2) is 0 Å². The molecular formula is C21H23N5O9. The molecule has 2 rings (SSSR count). The Morgan fingerprint density at radius 3 is 1.94 bits per heavy atom. The van der Waals surface area contributed by atoms with E-state index in [-0.39, 0.29) is 29.7 Å². The van der Waals surface area contributed by atoms with Crippen molar-refractivity contribution in [2.45, 2.75) is 6.54 Å². The average Bonchev–Trinajstić information content (AvgIpc) is 3.25. The lowest BCUT2D eigenvalue weighted by Crippen LogP contribution is -2.44. The van der Waals surface area contributed by atoms with E-state index in [2.05, 4.69) is 10.6 Å². The molecule has 14 heteroatoms. The Balaban J connectivity index is 2.04. The van der Waals surface area contributed by atoms with Crippen LogP contribution in [0.5, 0.6) is 5.75 Å². The Bertz CT molecular complexity index is 1080. The molecule has 0 bridgehead atoms. The molecule has 0 saturated heterocycles. The van der Waals surface area contributed by atoms with Gasteiger partial charge >= 0.3 is 17.9 Å². The summed E-state index contributed by atoms with van der Waals surface area (Å²) in [5.41, 5.74) is 5.82. The lowest BCUT2D eigenvalue weighted by atomic mass is 10.2. The van der Waals surface area contributed by atoms with Crippen molar-refractivity contribution in [1.82, 2.24) is 15.5 Å². The predicted molar refractivity (Wildman–Crippen MR) is 118 cm³/mol. The zero-order valence-corrected chi connectivity index (χ0v) is 18.3. The number of rotatable bonds is 13. The second-order valence-electron chi connectivity index (χ2n) is 7.08. The summed E-state index contributed by atoms with van der Waals surface area (Å²) in [6.45, 7) is -2.20. The highest BCUT2D eigenvalue weighted by molar-refractivity contribution is 5.95. The Morgan fingerprint density at radius 2 is 1.46 bits per heavy atom. The molecule has 0 saturated carbocycles. The fraction of sp³-hybridized carbons (Fsp3) is 0.238. The third-order valence-corrected chi connectivity index (χ3v) is 4.23. The van der Waals surface area contributed by atoms with Crippen molar-refractivity contribution in [2.24, 2.45) is 5.73 Å². The molecule has 0 aliphatic carbocycles. The van der Waals surface area contributed by atoms with Gasteiger partial charge in [-0.3, -0.25) is 29.5 Å². The molecule has 0 aliphatic rings. The van der Waals surface area contributed by atoms with Crippen molar-refractivity contribution in [3.05, 3.63) is 53.5 Å². The van der Waals surface area contributed by atoms with Crippen molar-refractivity contribution in [3.63, 3.8) is 0 Å². The number of hydrogen-bond donors (Lipinski definition) is 6. The monoisotopic (exact) mass is 489 g/mol. The molecular weight excluding hydrogens is 466 g/mol. The normalized spacial score (nSPS) is 10.4. The van der Waals surface area contributed by atoms with Gasteiger partial charge in [-0.15, -0.1) is 0 Å². The maximum absolute atomic E-state index is 12.3. The van der Waals surface area contributed by atoms with Crippen LogP contribution in [0.25, 0.3) is 0 Å². The van der Waals surface area contributed by atoms with Gasteiger partial charge in [-0.1, -0.05) is 0 Å². The van der Waals surface area contributed by atoms with E-state index in [0.717, 1.165) is 0 Å². The van der Waals surface area contributed by atoms with Crippen molar-refractivity contribution in [3.8, 4) is 5.75 Å². The minimum absolute atomic E-state index is 0.137. The van der Waals surface area contributed by atoms with Gasteiger partial charge in [0, 0.05) is 5.56 Å². The smallest absolute Gasteiger partial charge is 0.379 e. The third-order valence-electron chi connectivity index (χ3n) is 4.23. The Kier molecular flexibility index (Phi) is 9.48. The molecule has 1 aromatic carbocycles. The number of carbonyl (C=O) groups excluding carboxylic acids is 3. The predicted octanol–water partition coefficient (Wildman–Crippen LogP) is -1.01. The number of furan rings is 1. The number of benzene rings is 1. The summed E-state index contributed by atoms with van der Waals surface area (Å²) in [5, 5.41) is 29.0. The fourth-order valence-electron chi connectivity index (χ4n) is 2.69. The number of nitrogens with one attached hydrogen (secondary N) is 3. The van der Waals surface area contributed by atoms with Gasteiger partial charge in [0.25, 0.3) is 0 Å². The first-order valence-corrected chi connectivity index (χ1v) is 9.98. The summed E-state index contributed by atoms with van der Waals surface area (Å²) in [5.74, 6) is -4.67. The first kappa shape index (κ1) is 26.5. The van der Waals surface area contributed by atoms with Crippen LogP contribution in [0.2, 0.25) is 0 Å². The van der Waals surface area contributed by atoms with Crippen LogP contribution < -0.4 is 21.1 Å². The van der Waals surface area contributed by atoms with Crippen LogP contribution in [0, 0.1) is 5.41 Å². The zero-order chi connectivity index (χ0) is 26.0. The first-order chi connectivity index (χ1) is 16.5. The van der Waals surface area contributed by atoms with Gasteiger partial charge in [-0.05, 0) is 36.4 Å². The van der Waals surface area contributed by atoms with Crippen molar-refractivity contribution < 1.29 is 43.3 Å². The zero-order valence-electron chi connectivity index (χ0n) is 18.3. The number of nitrogen functional groups attached to an aromatic ring is 1. The summed E-state index contributed by atoms with van der Waals surface area (Å²) in [6.07, 6.45) is 0. The second kappa shape index (κ2) is 12.5. The molecule has 0 atom stereocenters. The Morgan fingerprint density at radius 1 is 0.914 bits per heavy atom. The third kappa shape index (κ3) is 9.35. The van der Waals surface area contributed by atoms with Crippen molar-refractivity contribution in [2.75, 3.05) is 26.2 Å². The molecule has 2 aromatic rings. The summed E-state index contributed by atoms with van der Waals surface area (Å²) < 4.78 is 10.6. The molecule has 35 heavy (non-hydrogen) atoms. The first-order valence-electron chi connectivity index (χ1n) is 9.98. The number of nitrogens with two attached hydrogens (primary N) is 1. The maximum Gasteiger partial charge on any atom is 0.379 e. The Labute approximate surface area is 198 Å². The number of nitrogens with zero attached hydrogens (tertiary/aromatic N) is 1. The SMILES string of the molecule is N=C(N)c1ccc(OC(=O)c2ccc(CN(CC(=O)NCC(=O)O)CC(=O)NCC(=O)O)o2)cc1. The molecule has 1 aromatic heterocycles. The highest BCUT2D eigenvalue weighted by Crippen LogP contribution is 2.16. The number of hydrogen-bond acceptors (Lipinski definition) is 9. The van der Waals surface area contributed by atoms with E-state index in [1.165, 1.54) is 41.3 Å². The second-order valence-corrected chi connectivity index (χ2v) is 7.08. The minimum Gasteiger partial charge on any atom is -0.480 e. The van der Waals surface area contributed by atoms with E-state index in [4.69, 9.17) is 30.5 Å². The van der Waals surface area contributed by atoms with E-state index in [1.54, 1.807) is 0 Å². The molecule has 0 radical (unpaired) electrons. The maximum atomic E-state index is 12.3. The quantitative estimate of drug-likeness (QED) is 0.0864. The van der Waals surface area contributed by atoms with Crippen LogP contribution in [0.1, 0.15) is 21.9 Å². The topological polar surface area (TPSA) is 225 Å². The van der Waals surface area contributed by atoms with Crippen molar-refractivity contribution in [1.29, 1.82) is 5.41 Å². The van der Waals surface area contributed by atoms with Crippen LogP contribution >= 0.6 is 0 Å². The van der Waals surface area contributed by atoms with Gasteiger partial charge in [0.1, 0.15) is 30.4 Å². The van der Waals surface area contributed by atoms with E-state index >= 15 is 0 Å². The van der Waals surface area contributed by atoms with Gasteiger partial charge < -0.3 is 35.7 Å². The molecule has 0 aliphatic heterocycles. The number of carboxylic acids is 2. The molecule has 186 valence electrons. The van der Waals surface area contributed by atoms with Crippen LogP contribution in [0.4, 0.5) is 0 Å². The molecule has 0 fully saturated rings. The van der Waals surface area contributed by atoms with Crippen molar-refractivity contribution >= 4 is 35.6 Å². The largest absolute Gasteiger partial charge is 0.480 e. The number of ether oxygens (including phenoxy) is 1. The van der Waals surface area contributed by atoms with Gasteiger partial charge in [-0.2, -0.15) is 0 Å². The summed E-state index contributed by atoms with van der Waals surface area (Å²) in [4.78, 5) is 58.9. The lowest BCUT2D eigenvalue weighted by molar-refractivity contribution is -0.138. The summed E-state index contributed by atoms with van der Waals surface area (Å²) in [7, 11) is 0. The highest BCUT2D eigenvalue weighted by atomic mass is 16.5.